The SMILES string of the molecule is CCOP(=O)(OCC)c1ncn(-c2ccc([N+](=O)[O-])cc2)c1C(F)(F)F. The number of hydrogen-bond donors (Lipinski definition) is 0. The molecule has 0 N–H and O–H groups in total. The van der Waals surface area contributed by atoms with Gasteiger partial charge in [-0.2, -0.15) is 13.2 Å². The van der Waals surface area contributed by atoms with E-state index >= 15 is 0 Å². The molecule has 0 saturated heterocycles. The number of nitro groups is 1. The number of halogens is 3. The molecule has 8 nitrogen and oxygen atoms in total. The molecule has 0 atom stereocenters. The van der Waals surface area contributed by atoms with Crippen LogP contribution in [0.1, 0.15) is 19.5 Å². The lowest BCUT2D eigenvalue weighted by atomic mass is 10.2. The van der Waals surface area contributed by atoms with Crippen LogP contribution in [0.2, 0.25) is 0 Å². The van der Waals surface area contributed by atoms with E-state index in [0.717, 1.165) is 30.6 Å². The first-order chi connectivity index (χ1) is 12.1. The second-order valence-electron chi connectivity index (χ2n) is 4.89. The van der Waals surface area contributed by atoms with E-state index in [0.29, 0.717) is 4.57 Å². The molecule has 0 bridgehead atoms. The Hall–Kier alpha value is -2.23. The maximum atomic E-state index is 13.6. The van der Waals surface area contributed by atoms with Gasteiger partial charge in [-0.1, -0.05) is 0 Å². The fourth-order valence-corrected chi connectivity index (χ4v) is 3.92. The van der Waals surface area contributed by atoms with E-state index in [1.807, 2.05) is 0 Å². The molecule has 0 saturated carbocycles. The average molecular weight is 393 g/mol. The van der Waals surface area contributed by atoms with Crippen LogP contribution in [0.5, 0.6) is 0 Å². The van der Waals surface area contributed by atoms with Gasteiger partial charge in [0, 0.05) is 17.8 Å². The Bertz CT molecular complexity index is 825. The molecular formula is C14H15F3N3O5P. The topological polar surface area (TPSA) is 96.5 Å². The number of hydrogen-bond acceptors (Lipinski definition) is 6. The highest BCUT2D eigenvalue weighted by Crippen LogP contribution is 2.49. The van der Waals surface area contributed by atoms with Crippen LogP contribution >= 0.6 is 7.60 Å². The first kappa shape index (κ1) is 20.1. The summed E-state index contributed by atoms with van der Waals surface area (Å²) in [4.78, 5) is 13.6. The summed E-state index contributed by atoms with van der Waals surface area (Å²) < 4.78 is 64.3. The second-order valence-corrected chi connectivity index (χ2v) is 6.83. The van der Waals surface area contributed by atoms with Crippen molar-refractivity contribution in [1.29, 1.82) is 0 Å². The smallest absolute Gasteiger partial charge is 0.304 e. The van der Waals surface area contributed by atoms with Crippen LogP contribution in [-0.2, 0) is 19.8 Å². The van der Waals surface area contributed by atoms with Crippen molar-refractivity contribution < 1.29 is 31.7 Å². The zero-order valence-corrected chi connectivity index (χ0v) is 14.7. The van der Waals surface area contributed by atoms with E-state index in [2.05, 4.69) is 4.98 Å². The highest BCUT2D eigenvalue weighted by atomic mass is 31.2. The lowest BCUT2D eigenvalue weighted by Gasteiger charge is -2.18. The Labute approximate surface area is 146 Å². The monoisotopic (exact) mass is 393 g/mol. The van der Waals surface area contributed by atoms with E-state index in [1.165, 1.54) is 13.8 Å². The van der Waals surface area contributed by atoms with E-state index < -0.39 is 29.8 Å². The van der Waals surface area contributed by atoms with Gasteiger partial charge in [-0.25, -0.2) is 4.98 Å². The minimum Gasteiger partial charge on any atom is -0.304 e. The third-order valence-electron chi connectivity index (χ3n) is 3.21. The van der Waals surface area contributed by atoms with Crippen LogP contribution in [0.15, 0.2) is 30.6 Å². The Morgan fingerprint density at radius 1 is 1.19 bits per heavy atom. The molecule has 1 heterocycles. The molecule has 0 aliphatic carbocycles. The van der Waals surface area contributed by atoms with E-state index in [-0.39, 0.29) is 24.6 Å². The van der Waals surface area contributed by atoms with E-state index in [1.54, 1.807) is 0 Å². The molecule has 0 amide bonds. The van der Waals surface area contributed by atoms with Crippen molar-refractivity contribution in [2.24, 2.45) is 0 Å². The van der Waals surface area contributed by atoms with Crippen LogP contribution in [-0.4, -0.2) is 27.7 Å². The molecule has 1 aromatic heterocycles. The first-order valence-corrected chi connectivity index (χ1v) is 8.97. The summed E-state index contributed by atoms with van der Waals surface area (Å²) in [6.45, 7) is 2.65. The number of rotatable bonds is 7. The minimum atomic E-state index is -4.92. The summed E-state index contributed by atoms with van der Waals surface area (Å²) in [5.41, 5.74) is -2.50. The normalized spacial score (nSPS) is 12.3. The summed E-state index contributed by atoms with van der Waals surface area (Å²) in [5.74, 6) is 0. The van der Waals surface area contributed by atoms with E-state index in [4.69, 9.17) is 9.05 Å². The zero-order valence-electron chi connectivity index (χ0n) is 13.8. The maximum absolute atomic E-state index is 13.6. The third-order valence-corrected chi connectivity index (χ3v) is 5.26. The van der Waals surface area contributed by atoms with Crippen molar-refractivity contribution in [1.82, 2.24) is 9.55 Å². The summed E-state index contributed by atoms with van der Waals surface area (Å²) >= 11 is 0. The fourth-order valence-electron chi connectivity index (χ4n) is 2.23. The zero-order chi connectivity index (χ0) is 19.5. The van der Waals surface area contributed by atoms with Gasteiger partial charge in [-0.15, -0.1) is 0 Å². The molecule has 0 radical (unpaired) electrons. The largest absolute Gasteiger partial charge is 0.434 e. The molecule has 12 heteroatoms. The number of benzene rings is 1. The molecule has 0 unspecified atom stereocenters. The van der Waals surface area contributed by atoms with Crippen LogP contribution in [0.3, 0.4) is 0 Å². The predicted octanol–water partition coefficient (Wildman–Crippen LogP) is 3.69. The quantitative estimate of drug-likeness (QED) is 0.404. The number of alkyl halides is 3. The lowest BCUT2D eigenvalue weighted by molar-refractivity contribution is -0.384. The van der Waals surface area contributed by atoms with Gasteiger partial charge in [-0.3, -0.25) is 19.2 Å². The van der Waals surface area contributed by atoms with Crippen molar-refractivity contribution in [3.8, 4) is 5.69 Å². The molecule has 2 aromatic rings. The maximum Gasteiger partial charge on any atom is 0.434 e. The van der Waals surface area contributed by atoms with Gasteiger partial charge in [0.15, 0.2) is 11.1 Å². The molecule has 26 heavy (non-hydrogen) atoms. The van der Waals surface area contributed by atoms with Crippen molar-refractivity contribution in [3.05, 3.63) is 46.4 Å². The van der Waals surface area contributed by atoms with Crippen molar-refractivity contribution >= 4 is 18.7 Å². The second kappa shape index (κ2) is 7.56. The first-order valence-electron chi connectivity index (χ1n) is 7.43. The van der Waals surface area contributed by atoms with Gasteiger partial charge in [0.2, 0.25) is 0 Å². The predicted molar refractivity (Wildman–Crippen MR) is 85.7 cm³/mol. The molecular weight excluding hydrogens is 378 g/mol. The van der Waals surface area contributed by atoms with Gasteiger partial charge < -0.3 is 9.05 Å². The number of nitrogens with zero attached hydrogens (tertiary/aromatic N) is 3. The van der Waals surface area contributed by atoms with Crippen LogP contribution in [0, 0.1) is 10.1 Å². The summed E-state index contributed by atoms with van der Waals surface area (Å²) in [6.07, 6.45) is -4.10. The van der Waals surface area contributed by atoms with Crippen molar-refractivity contribution in [3.63, 3.8) is 0 Å². The van der Waals surface area contributed by atoms with Gasteiger partial charge in [0.25, 0.3) is 5.69 Å². The number of imidazole rings is 1. The lowest BCUT2D eigenvalue weighted by Crippen LogP contribution is -2.24. The highest BCUT2D eigenvalue weighted by Gasteiger charge is 2.46. The number of nitro benzene ring substituents is 1. The Morgan fingerprint density at radius 3 is 2.15 bits per heavy atom. The average Bonchev–Trinajstić information content (AvgIpc) is 3.01. The Kier molecular flexibility index (Phi) is 5.84. The molecule has 0 spiro atoms. The molecule has 2 rings (SSSR count). The fraction of sp³-hybridized carbons (Fsp3) is 0.357. The number of non-ortho nitro benzene ring substituents is 1. The molecule has 0 aliphatic rings. The van der Waals surface area contributed by atoms with Crippen molar-refractivity contribution in [2.75, 3.05) is 13.2 Å². The standard InChI is InChI=1S/C14H15F3N3O5P/c1-3-24-26(23,25-4-2)13-12(14(15,16)17)19(9-18-13)10-5-7-11(8-6-10)20(21)22/h5-9H,3-4H2,1-2H3. The molecule has 0 aliphatic heterocycles. The van der Waals surface area contributed by atoms with Gasteiger partial charge in [0.1, 0.15) is 6.33 Å². The Balaban J connectivity index is 2.64. The van der Waals surface area contributed by atoms with Crippen LogP contribution in [0.25, 0.3) is 5.69 Å². The summed E-state index contributed by atoms with van der Waals surface area (Å²) in [6, 6.07) is 4.37. The minimum absolute atomic E-state index is 0.0405. The number of aromatic nitrogens is 2. The highest BCUT2D eigenvalue weighted by molar-refractivity contribution is 7.62. The van der Waals surface area contributed by atoms with Gasteiger partial charge in [0.05, 0.1) is 18.1 Å². The van der Waals surface area contributed by atoms with Gasteiger partial charge in [-0.05, 0) is 26.0 Å². The van der Waals surface area contributed by atoms with Gasteiger partial charge >= 0.3 is 13.8 Å². The molecule has 142 valence electrons. The molecule has 1 aromatic carbocycles. The van der Waals surface area contributed by atoms with Crippen LogP contribution in [0.4, 0.5) is 18.9 Å². The Morgan fingerprint density at radius 2 is 1.73 bits per heavy atom. The molecule has 0 fully saturated rings. The summed E-state index contributed by atoms with van der Waals surface area (Å²) in [5, 5.41) is 10.7. The summed E-state index contributed by atoms with van der Waals surface area (Å²) in [7, 11) is -4.29. The van der Waals surface area contributed by atoms with Crippen molar-refractivity contribution in [2.45, 2.75) is 20.0 Å². The van der Waals surface area contributed by atoms with E-state index in [9.17, 15) is 27.9 Å². The van der Waals surface area contributed by atoms with Crippen LogP contribution < -0.4 is 5.44 Å². The third kappa shape index (κ3) is 3.95.